The highest BCUT2D eigenvalue weighted by molar-refractivity contribution is 8.22. The molecule has 2 heterocycles. The third-order valence-electron chi connectivity index (χ3n) is 3.31. The molecular formula is C18H36N2O2P2S4. The summed E-state index contributed by atoms with van der Waals surface area (Å²) < 4.78 is 6.92. The van der Waals surface area contributed by atoms with E-state index in [1.165, 1.54) is 22.2 Å². The summed E-state index contributed by atoms with van der Waals surface area (Å²) in [4.78, 5) is 10.8. The Morgan fingerprint density at radius 2 is 2.00 bits per heavy atom. The lowest BCUT2D eigenvalue weighted by Crippen LogP contribution is -2.30. The van der Waals surface area contributed by atoms with E-state index >= 15 is 0 Å². The number of epoxide rings is 1. The SMILES string of the molecule is CC.O=C(/C=C/SCCCS)NCP.PCNC1(CC=C2SCCCS2)CO1. The normalized spacial score (nSPS) is 20.5. The summed E-state index contributed by atoms with van der Waals surface area (Å²) in [5, 5.41) is 7.81. The number of hydrogen-bond donors (Lipinski definition) is 3. The van der Waals surface area contributed by atoms with E-state index in [9.17, 15) is 4.79 Å². The van der Waals surface area contributed by atoms with Crippen LogP contribution in [0.25, 0.3) is 0 Å². The quantitative estimate of drug-likeness (QED) is 0.132. The molecule has 2 rings (SSSR count). The van der Waals surface area contributed by atoms with Gasteiger partial charge in [0.05, 0.1) is 6.61 Å². The smallest absolute Gasteiger partial charge is 0.244 e. The summed E-state index contributed by atoms with van der Waals surface area (Å²) >= 11 is 9.68. The molecule has 0 spiro atoms. The Morgan fingerprint density at radius 1 is 1.32 bits per heavy atom. The molecule has 0 bridgehead atoms. The van der Waals surface area contributed by atoms with E-state index in [0.29, 0.717) is 6.29 Å². The van der Waals surface area contributed by atoms with Crippen LogP contribution >= 0.6 is 66.4 Å². The summed E-state index contributed by atoms with van der Waals surface area (Å²) in [6.07, 6.45) is 8.81. The van der Waals surface area contributed by atoms with E-state index in [1.807, 2.05) is 42.8 Å². The van der Waals surface area contributed by atoms with Gasteiger partial charge in [0.1, 0.15) is 5.72 Å². The summed E-state index contributed by atoms with van der Waals surface area (Å²) in [5.74, 6) is 4.45. The van der Waals surface area contributed by atoms with Gasteiger partial charge in [0.25, 0.3) is 0 Å². The molecule has 3 unspecified atom stereocenters. The van der Waals surface area contributed by atoms with Crippen LogP contribution in [-0.4, -0.2) is 53.8 Å². The van der Waals surface area contributed by atoms with Crippen molar-refractivity contribution in [3.63, 3.8) is 0 Å². The summed E-state index contributed by atoms with van der Waals surface area (Å²) in [7, 11) is 5.11. The van der Waals surface area contributed by atoms with Crippen LogP contribution in [0.3, 0.4) is 0 Å². The highest BCUT2D eigenvalue weighted by atomic mass is 32.2. The van der Waals surface area contributed by atoms with Gasteiger partial charge in [-0.2, -0.15) is 12.6 Å². The topological polar surface area (TPSA) is 53.7 Å². The molecule has 0 saturated carbocycles. The van der Waals surface area contributed by atoms with Gasteiger partial charge in [-0.05, 0) is 41.3 Å². The molecule has 2 aliphatic heterocycles. The molecule has 2 aliphatic rings. The maximum Gasteiger partial charge on any atom is 0.244 e. The molecule has 0 aliphatic carbocycles. The number of thioether (sulfide) groups is 3. The van der Waals surface area contributed by atoms with Gasteiger partial charge in [-0.3, -0.25) is 10.1 Å². The van der Waals surface area contributed by atoms with E-state index in [1.54, 1.807) is 17.8 Å². The second kappa shape index (κ2) is 20.1. The average molecular weight is 503 g/mol. The second-order valence-electron chi connectivity index (χ2n) is 5.44. The molecule has 4 nitrogen and oxygen atoms in total. The monoisotopic (exact) mass is 502 g/mol. The predicted octanol–water partition coefficient (Wildman–Crippen LogP) is 4.76. The average Bonchev–Trinajstić information content (AvgIpc) is 3.49. The third kappa shape index (κ3) is 15.9. The van der Waals surface area contributed by atoms with Crippen LogP contribution in [0.5, 0.6) is 0 Å². The van der Waals surface area contributed by atoms with Crippen LogP contribution in [0.2, 0.25) is 0 Å². The van der Waals surface area contributed by atoms with Crippen molar-refractivity contribution in [2.24, 2.45) is 0 Å². The first-order valence-corrected chi connectivity index (χ1v) is 14.9. The van der Waals surface area contributed by atoms with Crippen LogP contribution < -0.4 is 10.6 Å². The molecule has 0 aromatic rings. The van der Waals surface area contributed by atoms with Crippen molar-refractivity contribution in [1.29, 1.82) is 0 Å². The molecule has 3 atom stereocenters. The summed E-state index contributed by atoms with van der Waals surface area (Å²) in [5.41, 5.74) is -0.0205. The van der Waals surface area contributed by atoms with Crippen molar-refractivity contribution in [3.05, 3.63) is 21.8 Å². The minimum Gasteiger partial charge on any atom is -0.353 e. The predicted molar refractivity (Wildman–Crippen MR) is 143 cm³/mol. The molecule has 0 aromatic carbocycles. The van der Waals surface area contributed by atoms with Gasteiger partial charge < -0.3 is 10.1 Å². The fraction of sp³-hybridized carbons (Fsp3) is 0.722. The molecule has 10 heteroatoms. The Balaban J connectivity index is 0.000000485. The lowest BCUT2D eigenvalue weighted by Gasteiger charge is -2.14. The standard InChI is InChI=1S/C9H16NOPS2.C7H14NOPS2.C2H6/c12-7-10-9(6-11-9)3-2-8-13-4-1-5-14-8;9-7(8-6-10)2-5-12-4-1-3-11;1-2/h2,10H,1,3-7,12H2;2,5,11H,1,3-4,6,10H2,(H,8,9);1-2H3/b;5-2+;. The Bertz CT molecular complexity index is 457. The fourth-order valence-corrected chi connectivity index (χ4v) is 5.87. The lowest BCUT2D eigenvalue weighted by atomic mass is 10.2. The van der Waals surface area contributed by atoms with Crippen LogP contribution in [-0.2, 0) is 9.53 Å². The summed E-state index contributed by atoms with van der Waals surface area (Å²) in [6, 6.07) is 0. The van der Waals surface area contributed by atoms with E-state index in [0.717, 1.165) is 37.2 Å². The van der Waals surface area contributed by atoms with Crippen LogP contribution in [0, 0.1) is 0 Å². The molecule has 0 radical (unpaired) electrons. The van der Waals surface area contributed by atoms with Crippen LogP contribution in [0.1, 0.15) is 33.1 Å². The highest BCUT2D eigenvalue weighted by Gasteiger charge is 2.42. The molecular weight excluding hydrogens is 466 g/mol. The highest BCUT2D eigenvalue weighted by Crippen LogP contribution is 2.37. The van der Waals surface area contributed by atoms with E-state index in [4.69, 9.17) is 4.74 Å². The molecule has 28 heavy (non-hydrogen) atoms. The fourth-order valence-electron chi connectivity index (χ4n) is 1.86. The van der Waals surface area contributed by atoms with Crippen molar-refractivity contribution >= 4 is 72.3 Å². The van der Waals surface area contributed by atoms with Gasteiger partial charge >= 0.3 is 0 Å². The minimum atomic E-state index is -0.0385. The first-order chi connectivity index (χ1) is 13.7. The van der Waals surface area contributed by atoms with Crippen molar-refractivity contribution in [1.82, 2.24) is 10.6 Å². The molecule has 0 aromatic heterocycles. The Labute approximate surface area is 194 Å². The first kappa shape index (κ1) is 29.1. The van der Waals surface area contributed by atoms with Gasteiger partial charge in [-0.1, -0.05) is 19.9 Å². The maximum absolute atomic E-state index is 10.8. The largest absolute Gasteiger partial charge is 0.353 e. The molecule has 2 fully saturated rings. The van der Waals surface area contributed by atoms with Gasteiger partial charge in [0.15, 0.2) is 0 Å². The molecule has 164 valence electrons. The first-order valence-electron chi connectivity index (χ1n) is 9.57. The number of hydrogen-bond acceptors (Lipinski definition) is 7. The van der Waals surface area contributed by atoms with Gasteiger partial charge in [0, 0.05) is 29.3 Å². The lowest BCUT2D eigenvalue weighted by molar-refractivity contribution is -0.116. The van der Waals surface area contributed by atoms with Crippen LogP contribution in [0.15, 0.2) is 21.8 Å². The zero-order valence-corrected chi connectivity index (χ0v) is 22.6. The summed E-state index contributed by atoms with van der Waals surface area (Å²) in [6.45, 7) is 4.86. The van der Waals surface area contributed by atoms with E-state index < -0.39 is 0 Å². The number of carbonyl (C=O) groups excluding carboxylic acids is 1. The zero-order valence-electron chi connectivity index (χ0n) is 16.9. The number of amides is 1. The number of thiol groups is 1. The van der Waals surface area contributed by atoms with E-state index in [-0.39, 0.29) is 11.6 Å². The van der Waals surface area contributed by atoms with Crippen molar-refractivity contribution in [2.75, 3.05) is 42.2 Å². The Kier molecular flexibility index (Phi) is 20.9. The van der Waals surface area contributed by atoms with Crippen molar-refractivity contribution in [2.45, 2.75) is 38.8 Å². The van der Waals surface area contributed by atoms with Crippen molar-refractivity contribution < 1.29 is 9.53 Å². The molecule has 2 N–H and O–H groups in total. The van der Waals surface area contributed by atoms with Gasteiger partial charge in [-0.15, -0.1) is 53.8 Å². The maximum atomic E-state index is 10.8. The third-order valence-corrected chi connectivity index (χ3v) is 7.48. The Morgan fingerprint density at radius 3 is 2.54 bits per heavy atom. The number of carbonyl (C=O) groups is 1. The minimum absolute atomic E-state index is 0.0205. The zero-order chi connectivity index (χ0) is 21.1. The number of nitrogens with one attached hydrogen (secondary N) is 2. The number of rotatable bonds is 10. The van der Waals surface area contributed by atoms with Gasteiger partial charge in [-0.25, -0.2) is 0 Å². The molecule has 1 amide bonds. The van der Waals surface area contributed by atoms with Crippen LogP contribution in [0.4, 0.5) is 0 Å². The molecule has 2 saturated heterocycles. The number of ether oxygens (including phenoxy) is 1. The second-order valence-corrected chi connectivity index (χ2v) is 10.2. The Hall–Kier alpha value is 1.13. The van der Waals surface area contributed by atoms with Gasteiger partial charge in [0.2, 0.25) is 5.91 Å². The van der Waals surface area contributed by atoms with Crippen molar-refractivity contribution in [3.8, 4) is 0 Å². The van der Waals surface area contributed by atoms with E-state index in [2.05, 4.69) is 47.8 Å².